The maximum atomic E-state index is 12.0. The molecule has 134 valence electrons. The smallest absolute Gasteiger partial charge is 0.224 e. The van der Waals surface area contributed by atoms with Crippen LogP contribution in [0.15, 0.2) is 40.9 Å². The van der Waals surface area contributed by atoms with Gasteiger partial charge in [0, 0.05) is 10.9 Å². The Bertz CT molecular complexity index is 741. The minimum absolute atomic E-state index is 0.000473. The van der Waals surface area contributed by atoms with E-state index in [9.17, 15) is 4.79 Å². The molecule has 4 heteroatoms. The van der Waals surface area contributed by atoms with Gasteiger partial charge in [0.1, 0.15) is 5.75 Å². The zero-order valence-corrected chi connectivity index (χ0v) is 16.9. The highest BCUT2D eigenvalue weighted by molar-refractivity contribution is 9.10. The monoisotopic (exact) mass is 403 g/mol. The van der Waals surface area contributed by atoms with E-state index in [1.54, 1.807) is 0 Å². The number of hydrogen-bond acceptors (Lipinski definition) is 2. The molecule has 0 heterocycles. The van der Waals surface area contributed by atoms with Gasteiger partial charge < -0.3 is 10.1 Å². The number of rotatable bonds is 7. The molecule has 2 rings (SSSR count). The molecule has 0 saturated heterocycles. The van der Waals surface area contributed by atoms with E-state index in [1.807, 2.05) is 31.2 Å². The quantitative estimate of drug-likeness (QED) is 0.576. The van der Waals surface area contributed by atoms with E-state index >= 15 is 0 Å². The summed E-state index contributed by atoms with van der Waals surface area (Å²) in [7, 11) is 0. The molecule has 0 unspecified atom stereocenters. The normalized spacial score (nSPS) is 10.8. The molecule has 0 aliphatic carbocycles. The third-order valence-corrected chi connectivity index (χ3v) is 4.73. The van der Waals surface area contributed by atoms with Crippen LogP contribution in [0.2, 0.25) is 0 Å². The zero-order valence-electron chi connectivity index (χ0n) is 15.4. The van der Waals surface area contributed by atoms with Crippen LogP contribution < -0.4 is 10.1 Å². The summed E-state index contributed by atoms with van der Waals surface area (Å²) in [6.45, 7) is 9.03. The van der Waals surface area contributed by atoms with Gasteiger partial charge in [0.25, 0.3) is 0 Å². The molecule has 0 radical (unpaired) electrons. The second kappa shape index (κ2) is 9.04. The molecule has 0 aromatic heterocycles. The highest BCUT2D eigenvalue weighted by Gasteiger charge is 2.07. The third-order valence-electron chi connectivity index (χ3n) is 4.08. The molecule has 0 saturated carbocycles. The highest BCUT2D eigenvalue weighted by Crippen LogP contribution is 2.24. The summed E-state index contributed by atoms with van der Waals surface area (Å²) in [5.74, 6) is 1.38. The van der Waals surface area contributed by atoms with Gasteiger partial charge in [-0.25, -0.2) is 0 Å². The van der Waals surface area contributed by atoms with Gasteiger partial charge >= 0.3 is 0 Å². The van der Waals surface area contributed by atoms with Crippen molar-refractivity contribution in [2.75, 3.05) is 11.9 Å². The van der Waals surface area contributed by atoms with Crippen LogP contribution in [0, 0.1) is 13.8 Å². The first-order valence-corrected chi connectivity index (χ1v) is 9.45. The number of halogens is 1. The fraction of sp³-hybridized carbons (Fsp3) is 0.381. The Kier molecular flexibility index (Phi) is 7.06. The van der Waals surface area contributed by atoms with Crippen LogP contribution >= 0.6 is 15.9 Å². The molecule has 0 fully saturated rings. The summed E-state index contributed by atoms with van der Waals surface area (Å²) in [6, 6.07) is 12.1. The van der Waals surface area contributed by atoms with Crippen molar-refractivity contribution < 1.29 is 9.53 Å². The lowest BCUT2D eigenvalue weighted by molar-refractivity contribution is -0.116. The van der Waals surface area contributed by atoms with Gasteiger partial charge in [-0.3, -0.25) is 4.79 Å². The second-order valence-corrected chi connectivity index (χ2v) is 7.51. The topological polar surface area (TPSA) is 38.3 Å². The van der Waals surface area contributed by atoms with Gasteiger partial charge in [-0.15, -0.1) is 0 Å². The second-order valence-electron chi connectivity index (χ2n) is 6.66. The van der Waals surface area contributed by atoms with Gasteiger partial charge in [0.05, 0.1) is 12.3 Å². The molecule has 0 aliphatic rings. The Morgan fingerprint density at radius 3 is 2.56 bits per heavy atom. The maximum Gasteiger partial charge on any atom is 0.224 e. The van der Waals surface area contributed by atoms with Crippen LogP contribution in [0.4, 0.5) is 5.69 Å². The van der Waals surface area contributed by atoms with E-state index in [2.05, 4.69) is 54.2 Å². The third kappa shape index (κ3) is 5.89. The zero-order chi connectivity index (χ0) is 18.4. The minimum atomic E-state index is -0.000473. The molecule has 2 aromatic carbocycles. The molecule has 2 aromatic rings. The molecule has 0 spiro atoms. The summed E-state index contributed by atoms with van der Waals surface area (Å²) in [5, 5.41) is 2.92. The largest absolute Gasteiger partial charge is 0.494 e. The van der Waals surface area contributed by atoms with Crippen molar-refractivity contribution in [2.24, 2.45) is 0 Å². The van der Waals surface area contributed by atoms with Crippen molar-refractivity contribution in [3.63, 3.8) is 0 Å². The maximum absolute atomic E-state index is 12.0. The Morgan fingerprint density at radius 1 is 1.16 bits per heavy atom. The molecule has 3 nitrogen and oxygen atoms in total. The first-order chi connectivity index (χ1) is 11.9. The molecule has 0 atom stereocenters. The van der Waals surface area contributed by atoms with Gasteiger partial charge in [-0.05, 0) is 83.1 Å². The van der Waals surface area contributed by atoms with Crippen LogP contribution in [0.25, 0.3) is 0 Å². The Balaban J connectivity index is 1.77. The van der Waals surface area contributed by atoms with Gasteiger partial charge in [0.2, 0.25) is 5.91 Å². The van der Waals surface area contributed by atoms with Crippen molar-refractivity contribution in [2.45, 2.75) is 46.5 Å². The predicted molar refractivity (Wildman–Crippen MR) is 108 cm³/mol. The number of carbonyl (C=O) groups excluding carboxylic acids is 1. The van der Waals surface area contributed by atoms with Crippen molar-refractivity contribution in [3.05, 3.63) is 57.6 Å². The Morgan fingerprint density at radius 2 is 1.92 bits per heavy atom. The SMILES string of the molecule is Cc1ccc(NC(=O)CCCOc2ccc(C(C)C)c(C)c2)c(Br)c1. The standard InChI is InChI=1S/C21H26BrNO2/c1-14(2)18-9-8-17(13-16(18)4)25-11-5-6-21(24)23-20-10-7-15(3)12-19(20)22/h7-10,12-14H,5-6,11H2,1-4H3,(H,23,24). The molecule has 1 N–H and O–H groups in total. The number of benzene rings is 2. The van der Waals surface area contributed by atoms with Crippen molar-refractivity contribution in [1.29, 1.82) is 0 Å². The van der Waals surface area contributed by atoms with Gasteiger partial charge in [-0.1, -0.05) is 26.0 Å². The van der Waals surface area contributed by atoms with Gasteiger partial charge in [0.15, 0.2) is 0 Å². The van der Waals surface area contributed by atoms with Gasteiger partial charge in [-0.2, -0.15) is 0 Å². The summed E-state index contributed by atoms with van der Waals surface area (Å²) in [5.41, 5.74) is 4.54. The van der Waals surface area contributed by atoms with E-state index in [0.717, 1.165) is 21.5 Å². The summed E-state index contributed by atoms with van der Waals surface area (Å²) < 4.78 is 6.67. The summed E-state index contributed by atoms with van der Waals surface area (Å²) in [6.07, 6.45) is 1.11. The molecule has 25 heavy (non-hydrogen) atoms. The first kappa shape index (κ1) is 19.5. The van der Waals surface area contributed by atoms with E-state index in [0.29, 0.717) is 25.4 Å². The molecule has 0 bridgehead atoms. The number of hydrogen-bond donors (Lipinski definition) is 1. The summed E-state index contributed by atoms with van der Waals surface area (Å²) in [4.78, 5) is 12.0. The van der Waals surface area contributed by atoms with E-state index in [-0.39, 0.29) is 5.91 Å². The number of ether oxygens (including phenoxy) is 1. The van der Waals surface area contributed by atoms with Crippen LogP contribution in [-0.4, -0.2) is 12.5 Å². The molecular formula is C21H26BrNO2. The average molecular weight is 404 g/mol. The fourth-order valence-corrected chi connectivity index (χ4v) is 3.34. The van der Waals surface area contributed by atoms with Crippen molar-refractivity contribution in [3.8, 4) is 5.75 Å². The predicted octanol–water partition coefficient (Wildman–Crippen LogP) is 5.99. The Labute approximate surface area is 158 Å². The number of amides is 1. The Hall–Kier alpha value is -1.81. The summed E-state index contributed by atoms with van der Waals surface area (Å²) >= 11 is 3.47. The number of anilines is 1. The van der Waals surface area contributed by atoms with Crippen molar-refractivity contribution in [1.82, 2.24) is 0 Å². The van der Waals surface area contributed by atoms with Crippen LogP contribution in [0.1, 0.15) is 49.3 Å². The molecular weight excluding hydrogens is 378 g/mol. The first-order valence-electron chi connectivity index (χ1n) is 8.66. The minimum Gasteiger partial charge on any atom is -0.494 e. The van der Waals surface area contributed by atoms with Crippen LogP contribution in [-0.2, 0) is 4.79 Å². The molecule has 0 aliphatic heterocycles. The van der Waals surface area contributed by atoms with Crippen molar-refractivity contribution >= 4 is 27.5 Å². The lowest BCUT2D eigenvalue weighted by Crippen LogP contribution is -2.13. The number of aryl methyl sites for hydroxylation is 2. The van der Waals surface area contributed by atoms with E-state index in [4.69, 9.17) is 4.74 Å². The highest BCUT2D eigenvalue weighted by atomic mass is 79.9. The van der Waals surface area contributed by atoms with Crippen LogP contribution in [0.5, 0.6) is 5.75 Å². The lowest BCUT2D eigenvalue weighted by atomic mass is 9.98. The number of nitrogens with one attached hydrogen (secondary N) is 1. The number of carbonyl (C=O) groups is 1. The lowest BCUT2D eigenvalue weighted by Gasteiger charge is -2.12. The van der Waals surface area contributed by atoms with E-state index < -0.39 is 0 Å². The average Bonchev–Trinajstić information content (AvgIpc) is 2.54. The molecule has 1 amide bonds. The van der Waals surface area contributed by atoms with Crippen LogP contribution in [0.3, 0.4) is 0 Å². The van der Waals surface area contributed by atoms with E-state index in [1.165, 1.54) is 11.1 Å². The fourth-order valence-electron chi connectivity index (χ4n) is 2.74.